The number of para-hydroxylation sites is 1. The van der Waals surface area contributed by atoms with Crippen LogP contribution >= 0.6 is 15.9 Å². The average Bonchev–Trinajstić information content (AvgIpc) is 3.01. The molecular formula is C16H17BrN2. The summed E-state index contributed by atoms with van der Waals surface area (Å²) >= 11 is 3.49. The van der Waals surface area contributed by atoms with E-state index in [9.17, 15) is 0 Å². The molecule has 4 rings (SSSR count). The van der Waals surface area contributed by atoms with Crippen molar-refractivity contribution >= 4 is 32.5 Å². The number of halogens is 1. The third-order valence-electron chi connectivity index (χ3n) is 4.76. The molecule has 2 saturated carbocycles. The first-order valence-corrected chi connectivity index (χ1v) is 7.90. The van der Waals surface area contributed by atoms with Crippen LogP contribution in [0.2, 0.25) is 0 Å². The summed E-state index contributed by atoms with van der Waals surface area (Å²) in [5.74, 6) is 1.86. The molecule has 2 aliphatic carbocycles. The lowest BCUT2D eigenvalue weighted by molar-refractivity contribution is 0.440. The summed E-state index contributed by atoms with van der Waals surface area (Å²) in [5, 5.41) is 4.95. The van der Waals surface area contributed by atoms with Gasteiger partial charge in [-0.1, -0.05) is 18.6 Å². The molecule has 2 bridgehead atoms. The van der Waals surface area contributed by atoms with E-state index >= 15 is 0 Å². The van der Waals surface area contributed by atoms with E-state index in [4.69, 9.17) is 0 Å². The molecule has 98 valence electrons. The summed E-state index contributed by atoms with van der Waals surface area (Å²) in [6.45, 7) is 0. The van der Waals surface area contributed by atoms with Crippen LogP contribution in [-0.4, -0.2) is 11.0 Å². The van der Waals surface area contributed by atoms with Crippen molar-refractivity contribution in [3.63, 3.8) is 0 Å². The van der Waals surface area contributed by atoms with Crippen molar-refractivity contribution < 1.29 is 0 Å². The van der Waals surface area contributed by atoms with Crippen LogP contribution in [0.3, 0.4) is 0 Å². The Hall–Kier alpha value is -1.09. The van der Waals surface area contributed by atoms with Crippen molar-refractivity contribution in [3.8, 4) is 0 Å². The van der Waals surface area contributed by atoms with E-state index in [1.165, 1.54) is 36.8 Å². The zero-order valence-corrected chi connectivity index (χ0v) is 12.4. The van der Waals surface area contributed by atoms with Gasteiger partial charge in [-0.15, -0.1) is 0 Å². The number of aromatic nitrogens is 1. The van der Waals surface area contributed by atoms with Crippen molar-refractivity contribution in [2.24, 2.45) is 11.8 Å². The molecule has 0 spiro atoms. The third-order valence-corrected chi connectivity index (χ3v) is 5.19. The Morgan fingerprint density at radius 2 is 2.16 bits per heavy atom. The second kappa shape index (κ2) is 4.48. The molecule has 2 aromatic rings. The molecule has 2 nitrogen and oxygen atoms in total. The molecule has 19 heavy (non-hydrogen) atoms. The Morgan fingerprint density at radius 3 is 2.95 bits per heavy atom. The minimum atomic E-state index is 0.662. The second-order valence-corrected chi connectivity index (χ2v) is 6.87. The number of hydrogen-bond donors (Lipinski definition) is 1. The number of nitrogens with one attached hydrogen (secondary N) is 1. The molecule has 0 aliphatic heterocycles. The van der Waals surface area contributed by atoms with E-state index < -0.39 is 0 Å². The van der Waals surface area contributed by atoms with Gasteiger partial charge >= 0.3 is 0 Å². The normalized spacial score (nSPS) is 29.0. The van der Waals surface area contributed by atoms with Crippen molar-refractivity contribution in [1.82, 2.24) is 4.98 Å². The maximum Gasteiger partial charge on any atom is 0.0934 e. The van der Waals surface area contributed by atoms with Gasteiger partial charge in [0.1, 0.15) is 0 Å². The van der Waals surface area contributed by atoms with Crippen LogP contribution < -0.4 is 5.32 Å². The predicted molar refractivity (Wildman–Crippen MR) is 82.3 cm³/mol. The first-order valence-electron chi connectivity index (χ1n) is 7.10. The lowest BCUT2D eigenvalue weighted by Crippen LogP contribution is -2.25. The molecule has 2 aliphatic rings. The van der Waals surface area contributed by atoms with Crippen molar-refractivity contribution in [1.29, 1.82) is 0 Å². The maximum absolute atomic E-state index is 4.58. The molecule has 0 radical (unpaired) electrons. The van der Waals surface area contributed by atoms with Gasteiger partial charge in [0.2, 0.25) is 0 Å². The van der Waals surface area contributed by atoms with Crippen molar-refractivity contribution in [2.45, 2.75) is 31.7 Å². The summed E-state index contributed by atoms with van der Waals surface area (Å²) < 4.78 is 1.04. The number of rotatable bonds is 2. The van der Waals surface area contributed by atoms with Gasteiger partial charge in [-0.25, -0.2) is 0 Å². The fourth-order valence-electron chi connectivity index (χ4n) is 3.87. The molecule has 3 unspecified atom stereocenters. The molecule has 1 N–H and O–H groups in total. The highest BCUT2D eigenvalue weighted by atomic mass is 79.9. The lowest BCUT2D eigenvalue weighted by atomic mass is 9.95. The van der Waals surface area contributed by atoms with Crippen molar-refractivity contribution in [3.05, 3.63) is 34.9 Å². The molecule has 3 atom stereocenters. The zero-order valence-electron chi connectivity index (χ0n) is 10.8. The monoisotopic (exact) mass is 316 g/mol. The minimum absolute atomic E-state index is 0.662. The quantitative estimate of drug-likeness (QED) is 0.876. The number of hydrogen-bond acceptors (Lipinski definition) is 2. The maximum atomic E-state index is 4.58. The van der Waals surface area contributed by atoms with Gasteiger partial charge in [-0.3, -0.25) is 4.98 Å². The van der Waals surface area contributed by atoms with Crippen LogP contribution in [-0.2, 0) is 0 Å². The van der Waals surface area contributed by atoms with E-state index in [-0.39, 0.29) is 0 Å². The van der Waals surface area contributed by atoms with E-state index in [0.29, 0.717) is 6.04 Å². The van der Waals surface area contributed by atoms with Gasteiger partial charge in [-0.2, -0.15) is 0 Å². The number of nitrogens with zero attached hydrogens (tertiary/aromatic N) is 1. The fraction of sp³-hybridized carbons (Fsp3) is 0.438. The molecule has 0 saturated heterocycles. The van der Waals surface area contributed by atoms with Gasteiger partial charge in [0.05, 0.1) is 11.2 Å². The average molecular weight is 317 g/mol. The lowest BCUT2D eigenvalue weighted by Gasteiger charge is -2.24. The first kappa shape index (κ1) is 11.7. The van der Waals surface area contributed by atoms with Crippen LogP contribution in [0.15, 0.2) is 34.9 Å². The van der Waals surface area contributed by atoms with Gasteiger partial charge in [0.15, 0.2) is 0 Å². The number of anilines is 1. The third kappa shape index (κ3) is 2.04. The highest BCUT2D eigenvalue weighted by Crippen LogP contribution is 2.45. The van der Waals surface area contributed by atoms with Crippen molar-refractivity contribution in [2.75, 3.05) is 5.32 Å². The van der Waals surface area contributed by atoms with Gasteiger partial charge < -0.3 is 5.32 Å². The number of pyridine rings is 1. The van der Waals surface area contributed by atoms with Gasteiger partial charge in [0.25, 0.3) is 0 Å². The van der Waals surface area contributed by atoms with E-state index in [1.807, 2.05) is 6.20 Å². The van der Waals surface area contributed by atoms with Crippen LogP contribution in [0, 0.1) is 11.8 Å². The smallest absolute Gasteiger partial charge is 0.0934 e. The molecule has 0 amide bonds. The Balaban J connectivity index is 1.67. The second-order valence-electron chi connectivity index (χ2n) is 5.96. The molecule has 1 heterocycles. The van der Waals surface area contributed by atoms with E-state index in [2.05, 4.69) is 50.5 Å². The highest BCUT2D eigenvalue weighted by Gasteiger charge is 2.39. The van der Waals surface area contributed by atoms with Crippen LogP contribution in [0.4, 0.5) is 5.69 Å². The van der Waals surface area contributed by atoms with Crippen LogP contribution in [0.25, 0.3) is 10.9 Å². The van der Waals surface area contributed by atoms with Crippen LogP contribution in [0.1, 0.15) is 25.7 Å². The number of benzene rings is 1. The summed E-state index contributed by atoms with van der Waals surface area (Å²) in [6.07, 6.45) is 7.52. The van der Waals surface area contributed by atoms with Gasteiger partial charge in [-0.05, 0) is 59.2 Å². The summed E-state index contributed by atoms with van der Waals surface area (Å²) in [6, 6.07) is 9.20. The fourth-order valence-corrected chi connectivity index (χ4v) is 4.22. The highest BCUT2D eigenvalue weighted by molar-refractivity contribution is 9.10. The Kier molecular flexibility index (Phi) is 2.76. The molecule has 2 fully saturated rings. The summed E-state index contributed by atoms with van der Waals surface area (Å²) in [5.41, 5.74) is 2.29. The molecule has 3 heteroatoms. The number of fused-ring (bicyclic) bond motifs is 3. The SMILES string of the molecule is Brc1cnc2c(NC3CC4CCC3C4)cccc2c1. The predicted octanol–water partition coefficient (Wildman–Crippen LogP) is 4.60. The Morgan fingerprint density at radius 1 is 1.21 bits per heavy atom. The topological polar surface area (TPSA) is 24.9 Å². The largest absolute Gasteiger partial charge is 0.380 e. The molecule has 1 aromatic carbocycles. The molecular weight excluding hydrogens is 300 g/mol. The summed E-state index contributed by atoms with van der Waals surface area (Å²) in [7, 11) is 0. The van der Waals surface area contributed by atoms with E-state index in [1.54, 1.807) is 0 Å². The minimum Gasteiger partial charge on any atom is -0.380 e. The Labute approximate surface area is 121 Å². The first-order chi connectivity index (χ1) is 9.29. The Bertz CT molecular complexity index is 625. The zero-order chi connectivity index (χ0) is 12.8. The standard InChI is InChI=1S/C16H17BrN2/c17-13-8-12-2-1-3-14(16(12)18-9-13)19-15-7-10-4-5-11(15)6-10/h1-3,8-11,15,19H,4-7H2. The van der Waals surface area contributed by atoms with E-state index in [0.717, 1.165) is 21.8 Å². The van der Waals surface area contributed by atoms with Gasteiger partial charge in [0, 0.05) is 22.1 Å². The van der Waals surface area contributed by atoms with Crippen LogP contribution in [0.5, 0.6) is 0 Å². The molecule has 1 aromatic heterocycles. The summed E-state index contributed by atoms with van der Waals surface area (Å²) in [4.78, 5) is 4.58.